The van der Waals surface area contributed by atoms with Crippen molar-refractivity contribution in [1.82, 2.24) is 4.31 Å². The van der Waals surface area contributed by atoms with Crippen LogP contribution in [-0.4, -0.2) is 44.8 Å². The standard InChI is InChI=1S/C21H23ClN2O5S/c1-14-8-10-24(11-9-14)30(27,28)17-6-7-19(22)18(13-17)20(25)23-16-5-3-4-15(12-16)21(26)29-2/h3-7,12-14H,8-11H2,1-2H3,(H,23,25). The van der Waals surface area contributed by atoms with Gasteiger partial charge in [0.25, 0.3) is 5.91 Å². The zero-order valence-corrected chi connectivity index (χ0v) is 18.3. The lowest BCUT2D eigenvalue weighted by atomic mass is 10.0. The highest BCUT2D eigenvalue weighted by Gasteiger charge is 2.29. The molecule has 9 heteroatoms. The van der Waals surface area contributed by atoms with Crippen molar-refractivity contribution in [1.29, 1.82) is 0 Å². The number of ether oxygens (including phenoxy) is 1. The van der Waals surface area contributed by atoms with E-state index in [0.29, 0.717) is 24.7 Å². The molecule has 2 aromatic carbocycles. The highest BCUT2D eigenvalue weighted by molar-refractivity contribution is 7.89. The van der Waals surface area contributed by atoms with E-state index in [-0.39, 0.29) is 21.0 Å². The fourth-order valence-corrected chi connectivity index (χ4v) is 4.95. The maximum Gasteiger partial charge on any atom is 0.337 e. The van der Waals surface area contributed by atoms with Gasteiger partial charge in [0.2, 0.25) is 10.0 Å². The molecular formula is C21H23ClN2O5S. The van der Waals surface area contributed by atoms with E-state index in [9.17, 15) is 18.0 Å². The molecule has 1 fully saturated rings. The van der Waals surface area contributed by atoms with Crippen LogP contribution < -0.4 is 5.32 Å². The van der Waals surface area contributed by atoms with Crippen LogP contribution in [-0.2, 0) is 14.8 Å². The third-order valence-electron chi connectivity index (χ3n) is 5.10. The number of hydrogen-bond acceptors (Lipinski definition) is 5. The minimum atomic E-state index is -3.72. The predicted octanol–water partition coefficient (Wildman–Crippen LogP) is 3.80. The van der Waals surface area contributed by atoms with Crippen LogP contribution in [0.2, 0.25) is 5.02 Å². The van der Waals surface area contributed by atoms with E-state index in [2.05, 4.69) is 17.0 Å². The Morgan fingerprint density at radius 3 is 2.50 bits per heavy atom. The van der Waals surface area contributed by atoms with Gasteiger partial charge in [-0.05, 0) is 55.2 Å². The lowest BCUT2D eigenvalue weighted by molar-refractivity contribution is 0.0600. The van der Waals surface area contributed by atoms with Crippen LogP contribution >= 0.6 is 11.6 Å². The Bertz CT molecular complexity index is 1060. The molecule has 0 atom stereocenters. The molecule has 1 aliphatic heterocycles. The number of carbonyl (C=O) groups excluding carboxylic acids is 2. The van der Waals surface area contributed by atoms with Gasteiger partial charge in [-0.15, -0.1) is 0 Å². The molecule has 1 heterocycles. The van der Waals surface area contributed by atoms with Crippen molar-refractivity contribution in [3.63, 3.8) is 0 Å². The summed E-state index contributed by atoms with van der Waals surface area (Å²) in [6.07, 6.45) is 1.60. The first kappa shape index (κ1) is 22.3. The maximum atomic E-state index is 13.0. The molecule has 1 aliphatic rings. The van der Waals surface area contributed by atoms with Crippen molar-refractivity contribution < 1.29 is 22.7 Å². The summed E-state index contributed by atoms with van der Waals surface area (Å²) in [7, 11) is -2.45. The number of hydrogen-bond donors (Lipinski definition) is 1. The number of amides is 1. The summed E-state index contributed by atoms with van der Waals surface area (Å²) in [5, 5.41) is 2.77. The van der Waals surface area contributed by atoms with Gasteiger partial charge in [0, 0.05) is 18.8 Å². The molecule has 0 saturated carbocycles. The number of nitrogens with zero attached hydrogens (tertiary/aromatic N) is 1. The molecule has 2 aromatic rings. The molecule has 7 nitrogen and oxygen atoms in total. The first-order valence-corrected chi connectivity index (χ1v) is 11.3. The van der Waals surface area contributed by atoms with Gasteiger partial charge in [0.1, 0.15) is 0 Å². The summed E-state index contributed by atoms with van der Waals surface area (Å²) < 4.78 is 32.1. The number of nitrogens with one attached hydrogen (secondary N) is 1. The number of sulfonamides is 1. The minimum Gasteiger partial charge on any atom is -0.465 e. The van der Waals surface area contributed by atoms with Crippen molar-refractivity contribution in [2.45, 2.75) is 24.7 Å². The van der Waals surface area contributed by atoms with E-state index >= 15 is 0 Å². The Kier molecular flexibility index (Phi) is 6.80. The summed E-state index contributed by atoms with van der Waals surface area (Å²) in [6.45, 7) is 3.01. The SMILES string of the molecule is COC(=O)c1cccc(NC(=O)c2cc(S(=O)(=O)N3CCC(C)CC3)ccc2Cl)c1. The first-order valence-electron chi connectivity index (χ1n) is 9.52. The number of carbonyl (C=O) groups is 2. The summed E-state index contributed by atoms with van der Waals surface area (Å²) in [5.41, 5.74) is 0.667. The van der Waals surface area contributed by atoms with Crippen molar-refractivity contribution in [3.8, 4) is 0 Å². The second-order valence-electron chi connectivity index (χ2n) is 7.25. The molecule has 1 amide bonds. The zero-order valence-electron chi connectivity index (χ0n) is 16.7. The fraction of sp³-hybridized carbons (Fsp3) is 0.333. The smallest absolute Gasteiger partial charge is 0.337 e. The maximum absolute atomic E-state index is 13.0. The van der Waals surface area contributed by atoms with Crippen molar-refractivity contribution >= 4 is 39.2 Å². The second kappa shape index (κ2) is 9.16. The number of benzene rings is 2. The molecule has 160 valence electrons. The predicted molar refractivity (Wildman–Crippen MR) is 114 cm³/mol. The van der Waals surface area contributed by atoms with E-state index in [0.717, 1.165) is 12.8 Å². The van der Waals surface area contributed by atoms with Crippen LogP contribution in [0.15, 0.2) is 47.4 Å². The highest BCUT2D eigenvalue weighted by atomic mass is 35.5. The Morgan fingerprint density at radius 1 is 1.13 bits per heavy atom. The summed E-state index contributed by atoms with van der Waals surface area (Å²) in [6, 6.07) is 10.3. The topological polar surface area (TPSA) is 92.8 Å². The number of esters is 1. The van der Waals surface area contributed by atoms with E-state index in [4.69, 9.17) is 11.6 Å². The van der Waals surface area contributed by atoms with Gasteiger partial charge in [0.05, 0.1) is 28.2 Å². The van der Waals surface area contributed by atoms with Crippen molar-refractivity contribution in [2.75, 3.05) is 25.5 Å². The van der Waals surface area contributed by atoms with Crippen LogP contribution in [0.1, 0.15) is 40.5 Å². The number of methoxy groups -OCH3 is 1. The molecule has 3 rings (SSSR count). The third kappa shape index (κ3) is 4.83. The number of halogens is 1. The molecular weight excluding hydrogens is 428 g/mol. The van der Waals surface area contributed by atoms with Crippen LogP contribution in [0.3, 0.4) is 0 Å². The van der Waals surface area contributed by atoms with Gasteiger partial charge < -0.3 is 10.1 Å². The van der Waals surface area contributed by atoms with Crippen molar-refractivity contribution in [3.05, 3.63) is 58.6 Å². The molecule has 0 radical (unpaired) electrons. The second-order valence-corrected chi connectivity index (χ2v) is 9.60. The van der Waals surface area contributed by atoms with E-state index < -0.39 is 21.9 Å². The molecule has 0 spiro atoms. The minimum absolute atomic E-state index is 0.0231. The summed E-state index contributed by atoms with van der Waals surface area (Å²) in [5.74, 6) is -0.622. The molecule has 0 aromatic heterocycles. The van der Waals surface area contributed by atoms with Gasteiger partial charge in [-0.25, -0.2) is 13.2 Å². The molecule has 0 bridgehead atoms. The summed E-state index contributed by atoms with van der Waals surface area (Å²) >= 11 is 6.17. The normalized spacial score (nSPS) is 15.6. The van der Waals surface area contributed by atoms with Crippen LogP contribution in [0, 0.1) is 5.92 Å². The van der Waals surface area contributed by atoms with Gasteiger partial charge in [-0.1, -0.05) is 24.6 Å². The number of rotatable bonds is 5. The average molecular weight is 451 g/mol. The van der Waals surface area contributed by atoms with Crippen LogP contribution in [0.5, 0.6) is 0 Å². The van der Waals surface area contributed by atoms with E-state index in [1.54, 1.807) is 18.2 Å². The molecule has 1 N–H and O–H groups in total. The fourth-order valence-electron chi connectivity index (χ4n) is 3.25. The van der Waals surface area contributed by atoms with E-state index in [1.165, 1.54) is 35.7 Å². The molecule has 30 heavy (non-hydrogen) atoms. The van der Waals surface area contributed by atoms with Gasteiger partial charge in [-0.3, -0.25) is 4.79 Å². The Hall–Kier alpha value is -2.42. The Balaban J connectivity index is 1.85. The van der Waals surface area contributed by atoms with Gasteiger partial charge in [0.15, 0.2) is 0 Å². The number of piperidine rings is 1. The van der Waals surface area contributed by atoms with Crippen LogP contribution in [0.25, 0.3) is 0 Å². The van der Waals surface area contributed by atoms with Crippen molar-refractivity contribution in [2.24, 2.45) is 5.92 Å². The van der Waals surface area contributed by atoms with Gasteiger partial charge in [-0.2, -0.15) is 4.31 Å². The third-order valence-corrected chi connectivity index (χ3v) is 7.33. The van der Waals surface area contributed by atoms with E-state index in [1.807, 2.05) is 0 Å². The molecule has 0 aliphatic carbocycles. The molecule has 0 unspecified atom stereocenters. The Morgan fingerprint density at radius 2 is 1.83 bits per heavy atom. The molecule has 1 saturated heterocycles. The zero-order chi connectivity index (χ0) is 21.9. The lowest BCUT2D eigenvalue weighted by Gasteiger charge is -2.29. The average Bonchev–Trinajstić information content (AvgIpc) is 2.73. The summed E-state index contributed by atoms with van der Waals surface area (Å²) in [4.78, 5) is 24.5. The quantitative estimate of drug-likeness (QED) is 0.699. The Labute approximate surface area is 181 Å². The monoisotopic (exact) mass is 450 g/mol. The highest BCUT2D eigenvalue weighted by Crippen LogP contribution is 2.27. The lowest BCUT2D eigenvalue weighted by Crippen LogP contribution is -2.37. The largest absolute Gasteiger partial charge is 0.465 e. The first-order chi connectivity index (χ1) is 14.2. The van der Waals surface area contributed by atoms with Crippen LogP contribution in [0.4, 0.5) is 5.69 Å². The van der Waals surface area contributed by atoms with Gasteiger partial charge >= 0.3 is 5.97 Å². The number of anilines is 1.